The number of fused-ring (bicyclic) bond motifs is 1. The SMILES string of the molecule is COc1ccc(S(=O)(=O)NC(=O)[C@H](Cc2c[nH]c3ccccc23)NC(=O)[C@@H](Cc2ccc(-c3ccsc3)cc2)N(C)C(=O)c2cc(C)cc(C)c2)cc1. The monoisotopic (exact) mass is 748 g/mol. The summed E-state index contributed by atoms with van der Waals surface area (Å²) in [5.41, 5.74) is 6.64. The van der Waals surface area contributed by atoms with E-state index in [1.807, 2.05) is 79.9 Å². The Bertz CT molecular complexity index is 2330. The van der Waals surface area contributed by atoms with Gasteiger partial charge < -0.3 is 19.9 Å². The molecule has 2 atom stereocenters. The van der Waals surface area contributed by atoms with Gasteiger partial charge in [-0.25, -0.2) is 13.1 Å². The molecule has 6 aromatic rings. The fourth-order valence-corrected chi connectivity index (χ4v) is 8.03. The summed E-state index contributed by atoms with van der Waals surface area (Å²) in [5.74, 6) is -1.46. The van der Waals surface area contributed by atoms with E-state index >= 15 is 0 Å². The number of ether oxygens (including phenoxy) is 1. The van der Waals surface area contributed by atoms with Gasteiger partial charge >= 0.3 is 0 Å². The maximum absolute atomic E-state index is 14.5. The van der Waals surface area contributed by atoms with Crippen molar-refractivity contribution < 1.29 is 27.5 Å². The number of H-pyrrole nitrogens is 1. The third-order valence-electron chi connectivity index (χ3n) is 9.13. The molecule has 3 N–H and O–H groups in total. The van der Waals surface area contributed by atoms with E-state index in [1.165, 1.54) is 36.3 Å². The Morgan fingerprint density at radius 2 is 1.55 bits per heavy atom. The van der Waals surface area contributed by atoms with Crippen molar-refractivity contribution in [3.05, 3.63) is 142 Å². The zero-order valence-corrected chi connectivity index (χ0v) is 31.4. The van der Waals surface area contributed by atoms with E-state index in [4.69, 9.17) is 4.74 Å². The first-order valence-corrected chi connectivity index (χ1v) is 19.4. The minimum absolute atomic E-state index is 0.0312. The topological polar surface area (TPSA) is 138 Å². The van der Waals surface area contributed by atoms with Crippen molar-refractivity contribution >= 4 is 50.0 Å². The molecular formula is C41H40N4O6S2. The Hall–Kier alpha value is -5.72. The first-order chi connectivity index (χ1) is 25.4. The molecule has 0 saturated carbocycles. The molecule has 0 aliphatic carbocycles. The number of hydrogen-bond acceptors (Lipinski definition) is 7. The molecule has 0 saturated heterocycles. The number of sulfonamides is 1. The van der Waals surface area contributed by atoms with Crippen molar-refractivity contribution in [2.24, 2.45) is 0 Å². The van der Waals surface area contributed by atoms with E-state index in [0.717, 1.165) is 38.7 Å². The Kier molecular flexibility index (Phi) is 11.1. The minimum atomic E-state index is -4.33. The quantitative estimate of drug-likeness (QED) is 0.124. The van der Waals surface area contributed by atoms with Crippen LogP contribution in [0.3, 0.4) is 0 Å². The summed E-state index contributed by atoms with van der Waals surface area (Å²) in [6, 6.07) is 26.0. The lowest BCUT2D eigenvalue weighted by atomic mass is 9.99. The van der Waals surface area contributed by atoms with Crippen molar-refractivity contribution in [1.82, 2.24) is 19.9 Å². The highest BCUT2D eigenvalue weighted by atomic mass is 32.2. The van der Waals surface area contributed by atoms with E-state index < -0.39 is 33.9 Å². The van der Waals surface area contributed by atoms with Crippen molar-refractivity contribution in [3.63, 3.8) is 0 Å². The number of aromatic nitrogens is 1. The maximum Gasteiger partial charge on any atom is 0.264 e. The standard InChI is InChI=1S/C41H40N4O6S2/c1-26-19-27(2)21-31(20-26)41(48)45(3)38(22-28-9-11-29(12-10-28)30-17-18-52-25-30)40(47)43-37(23-32-24-42-36-8-6-5-7-35(32)36)39(46)44-53(49,50)34-15-13-33(51-4)14-16-34/h5-21,24-25,37-38,42H,22-23H2,1-4H3,(H,43,47)(H,44,46)/t37-,38+/m0/s1. The van der Waals surface area contributed by atoms with Crippen LogP contribution < -0.4 is 14.8 Å². The predicted octanol–water partition coefficient (Wildman–Crippen LogP) is 6.44. The smallest absolute Gasteiger partial charge is 0.264 e. The molecular weight excluding hydrogens is 709 g/mol. The third kappa shape index (κ3) is 8.67. The van der Waals surface area contributed by atoms with Crippen LogP contribution in [0.2, 0.25) is 0 Å². The molecule has 0 radical (unpaired) electrons. The van der Waals surface area contributed by atoms with Crippen LogP contribution in [0.5, 0.6) is 5.75 Å². The molecule has 3 amide bonds. The molecule has 53 heavy (non-hydrogen) atoms. The van der Waals surface area contributed by atoms with Crippen molar-refractivity contribution in [1.29, 1.82) is 0 Å². The first-order valence-electron chi connectivity index (χ1n) is 16.9. The Balaban J connectivity index is 1.33. The molecule has 4 aromatic carbocycles. The lowest BCUT2D eigenvalue weighted by molar-refractivity contribution is -0.130. The molecule has 10 nitrogen and oxygen atoms in total. The van der Waals surface area contributed by atoms with Gasteiger partial charge in [-0.3, -0.25) is 14.4 Å². The maximum atomic E-state index is 14.5. The molecule has 12 heteroatoms. The van der Waals surface area contributed by atoms with Crippen LogP contribution >= 0.6 is 11.3 Å². The lowest BCUT2D eigenvalue weighted by Gasteiger charge is -2.29. The second kappa shape index (κ2) is 15.9. The average Bonchev–Trinajstić information content (AvgIpc) is 3.84. The van der Waals surface area contributed by atoms with Gasteiger partial charge in [0.05, 0.1) is 12.0 Å². The van der Waals surface area contributed by atoms with Crippen molar-refractivity contribution in [3.8, 4) is 16.9 Å². The number of carbonyl (C=O) groups is 3. The predicted molar refractivity (Wildman–Crippen MR) is 208 cm³/mol. The third-order valence-corrected chi connectivity index (χ3v) is 11.2. The van der Waals surface area contributed by atoms with Gasteiger partial charge in [0.1, 0.15) is 17.8 Å². The molecule has 0 bridgehead atoms. The first kappa shape index (κ1) is 37.1. The average molecular weight is 749 g/mol. The molecule has 0 aliphatic heterocycles. The number of nitrogens with one attached hydrogen (secondary N) is 3. The van der Waals surface area contributed by atoms with Crippen LogP contribution in [-0.4, -0.2) is 62.3 Å². The largest absolute Gasteiger partial charge is 0.497 e. The van der Waals surface area contributed by atoms with Crippen LogP contribution in [0.25, 0.3) is 22.0 Å². The molecule has 272 valence electrons. The second-order valence-corrected chi connectivity index (χ2v) is 15.5. The number of aromatic amines is 1. The van der Waals surface area contributed by atoms with E-state index in [9.17, 15) is 22.8 Å². The fraction of sp³-hybridized carbons (Fsp3) is 0.195. The number of benzene rings is 4. The van der Waals surface area contributed by atoms with E-state index in [-0.39, 0.29) is 23.6 Å². The van der Waals surface area contributed by atoms with Gasteiger partial charge in [0.25, 0.3) is 21.8 Å². The van der Waals surface area contributed by atoms with Crippen LogP contribution in [0.15, 0.2) is 119 Å². The summed E-state index contributed by atoms with van der Waals surface area (Å²) in [5, 5.41) is 7.71. The normalized spacial score (nSPS) is 12.5. The molecule has 0 spiro atoms. The Labute approximate surface area is 312 Å². The zero-order valence-electron chi connectivity index (χ0n) is 29.8. The van der Waals surface area contributed by atoms with Gasteiger partial charge in [0.15, 0.2) is 0 Å². The van der Waals surface area contributed by atoms with Gasteiger partial charge in [-0.15, -0.1) is 0 Å². The number of likely N-dealkylation sites (N-methyl/N-ethyl adjacent to an activating group) is 1. The van der Waals surface area contributed by atoms with E-state index in [1.54, 1.807) is 36.7 Å². The number of nitrogens with zero attached hydrogens (tertiary/aromatic N) is 1. The molecule has 0 fully saturated rings. The molecule has 6 rings (SSSR count). The van der Waals surface area contributed by atoms with Gasteiger partial charge in [-0.2, -0.15) is 11.3 Å². The number of hydrogen-bond donors (Lipinski definition) is 3. The summed E-state index contributed by atoms with van der Waals surface area (Å²) >= 11 is 1.60. The summed E-state index contributed by atoms with van der Waals surface area (Å²) in [6.07, 6.45) is 1.84. The number of carbonyl (C=O) groups excluding carboxylic acids is 3. The number of amides is 3. The summed E-state index contributed by atoms with van der Waals surface area (Å²) in [6.45, 7) is 3.80. The number of aryl methyl sites for hydroxylation is 2. The van der Waals surface area contributed by atoms with Gasteiger partial charge in [0.2, 0.25) is 5.91 Å². The highest BCUT2D eigenvalue weighted by Crippen LogP contribution is 2.24. The number of thiophene rings is 1. The number of methoxy groups -OCH3 is 1. The molecule has 2 aromatic heterocycles. The van der Waals surface area contributed by atoms with Crippen LogP contribution in [-0.2, 0) is 32.5 Å². The van der Waals surface area contributed by atoms with Crippen LogP contribution in [0, 0.1) is 13.8 Å². The van der Waals surface area contributed by atoms with E-state index in [2.05, 4.69) is 20.4 Å². The van der Waals surface area contributed by atoms with E-state index in [0.29, 0.717) is 16.9 Å². The second-order valence-electron chi connectivity index (χ2n) is 13.0. The highest BCUT2D eigenvalue weighted by molar-refractivity contribution is 7.90. The van der Waals surface area contributed by atoms with Crippen LogP contribution in [0.1, 0.15) is 32.6 Å². The lowest BCUT2D eigenvalue weighted by Crippen LogP contribution is -2.56. The van der Waals surface area contributed by atoms with Gasteiger partial charge in [-0.1, -0.05) is 59.7 Å². The fourth-order valence-electron chi connectivity index (χ4n) is 6.35. The highest BCUT2D eigenvalue weighted by Gasteiger charge is 2.33. The van der Waals surface area contributed by atoms with Crippen molar-refractivity contribution in [2.75, 3.05) is 14.2 Å². The minimum Gasteiger partial charge on any atom is -0.497 e. The number of rotatable bonds is 13. The summed E-state index contributed by atoms with van der Waals surface area (Å²) < 4.78 is 34.1. The molecule has 0 aliphatic rings. The summed E-state index contributed by atoms with van der Waals surface area (Å²) in [7, 11) is -1.31. The Morgan fingerprint density at radius 3 is 2.21 bits per heavy atom. The van der Waals surface area contributed by atoms with Crippen LogP contribution in [0.4, 0.5) is 0 Å². The van der Waals surface area contributed by atoms with Crippen molar-refractivity contribution in [2.45, 2.75) is 43.7 Å². The van der Waals surface area contributed by atoms with Gasteiger partial charge in [-0.05, 0) is 95.4 Å². The molecule has 2 heterocycles. The zero-order chi connectivity index (χ0) is 37.7. The molecule has 0 unspecified atom stereocenters. The number of para-hydroxylation sites is 1. The Morgan fingerprint density at radius 1 is 0.849 bits per heavy atom. The van der Waals surface area contributed by atoms with Gasteiger partial charge in [0, 0.05) is 42.6 Å². The summed E-state index contributed by atoms with van der Waals surface area (Å²) in [4.78, 5) is 46.8.